The van der Waals surface area contributed by atoms with Crippen LogP contribution in [0.2, 0.25) is 5.02 Å². The van der Waals surface area contributed by atoms with Crippen molar-refractivity contribution in [2.45, 2.75) is 31.8 Å². The second kappa shape index (κ2) is 9.21. The Bertz CT molecular complexity index is 502. The second-order valence-corrected chi connectivity index (χ2v) is 6.66. The van der Waals surface area contributed by atoms with Gasteiger partial charge in [-0.2, -0.15) is 0 Å². The van der Waals surface area contributed by atoms with E-state index >= 15 is 0 Å². The minimum atomic E-state index is 0.129. The molecule has 1 fully saturated rings. The number of rotatable bonds is 7. The number of pyridine rings is 1. The zero-order chi connectivity index (χ0) is 16.7. The van der Waals surface area contributed by atoms with Crippen LogP contribution in [-0.2, 0) is 16.0 Å². The molecule has 0 radical (unpaired) electrons. The first kappa shape index (κ1) is 18.2. The van der Waals surface area contributed by atoms with E-state index in [0.29, 0.717) is 11.4 Å². The van der Waals surface area contributed by atoms with Crippen LogP contribution in [0.25, 0.3) is 0 Å². The largest absolute Gasteiger partial charge is 0.378 e. The lowest BCUT2D eigenvalue weighted by Crippen LogP contribution is -2.41. The van der Waals surface area contributed by atoms with E-state index in [1.165, 1.54) is 0 Å². The third kappa shape index (κ3) is 6.09. The fourth-order valence-corrected chi connectivity index (χ4v) is 2.91. The molecule has 128 valence electrons. The molecule has 0 bridgehead atoms. The molecule has 0 aromatic carbocycles. The maximum Gasteiger partial charge on any atom is 0.227 e. The van der Waals surface area contributed by atoms with Crippen molar-refractivity contribution in [3.63, 3.8) is 0 Å². The summed E-state index contributed by atoms with van der Waals surface area (Å²) in [7, 11) is 4.14. The Kier molecular flexibility index (Phi) is 7.27. The molecule has 0 saturated carbocycles. The van der Waals surface area contributed by atoms with Crippen molar-refractivity contribution >= 4 is 17.5 Å². The third-order valence-electron chi connectivity index (χ3n) is 4.10. The summed E-state index contributed by atoms with van der Waals surface area (Å²) >= 11 is 6.07. The van der Waals surface area contributed by atoms with E-state index < -0.39 is 0 Å². The van der Waals surface area contributed by atoms with Crippen molar-refractivity contribution in [3.05, 3.63) is 29.0 Å². The minimum Gasteiger partial charge on any atom is -0.378 e. The highest BCUT2D eigenvalue weighted by Crippen LogP contribution is 2.18. The fraction of sp³-hybridized carbons (Fsp3) is 0.647. The Hall–Kier alpha value is -1.17. The molecule has 0 atom stereocenters. The van der Waals surface area contributed by atoms with Gasteiger partial charge in [0.2, 0.25) is 5.91 Å². The van der Waals surface area contributed by atoms with Crippen LogP contribution in [0.3, 0.4) is 0 Å². The van der Waals surface area contributed by atoms with E-state index in [4.69, 9.17) is 16.3 Å². The van der Waals surface area contributed by atoms with Gasteiger partial charge in [0.15, 0.2) is 0 Å². The van der Waals surface area contributed by atoms with Crippen molar-refractivity contribution in [2.24, 2.45) is 0 Å². The lowest BCUT2D eigenvalue weighted by atomic mass is 10.1. The minimum absolute atomic E-state index is 0.129. The summed E-state index contributed by atoms with van der Waals surface area (Å²) in [5.41, 5.74) is 0.841. The first-order valence-electron chi connectivity index (χ1n) is 8.18. The number of hydrogen-bond acceptors (Lipinski definition) is 4. The number of carbonyl (C=O) groups excluding carboxylic acids is 1. The van der Waals surface area contributed by atoms with E-state index in [2.05, 4.69) is 24.0 Å². The first-order chi connectivity index (χ1) is 11.1. The average molecular weight is 340 g/mol. The van der Waals surface area contributed by atoms with Crippen LogP contribution in [0, 0.1) is 0 Å². The number of ether oxygens (including phenoxy) is 1. The number of piperidine rings is 1. The number of likely N-dealkylation sites (tertiary alicyclic amines) is 1. The van der Waals surface area contributed by atoms with Gasteiger partial charge in [0.25, 0.3) is 0 Å². The Balaban J connectivity index is 1.69. The van der Waals surface area contributed by atoms with Crippen LogP contribution in [0.4, 0.5) is 0 Å². The monoisotopic (exact) mass is 339 g/mol. The van der Waals surface area contributed by atoms with Gasteiger partial charge < -0.3 is 14.5 Å². The van der Waals surface area contributed by atoms with Gasteiger partial charge in [0.05, 0.1) is 17.5 Å². The van der Waals surface area contributed by atoms with Crippen LogP contribution in [-0.4, -0.2) is 67.1 Å². The lowest BCUT2D eigenvalue weighted by molar-refractivity contribution is -0.133. The van der Waals surface area contributed by atoms with Crippen LogP contribution in [0.15, 0.2) is 18.5 Å². The van der Waals surface area contributed by atoms with Crippen molar-refractivity contribution in [3.8, 4) is 0 Å². The standard InChI is InChI=1S/C17H26ClN3O2/c1-20(2)8-3-11-23-15-5-9-21(10-6-15)17(22)12-14-4-7-19-13-16(14)18/h4,7,13,15H,3,5-6,8-12H2,1-2H3. The summed E-state index contributed by atoms with van der Waals surface area (Å²) in [5.74, 6) is 0.129. The highest BCUT2D eigenvalue weighted by atomic mass is 35.5. The van der Waals surface area contributed by atoms with Crippen molar-refractivity contribution < 1.29 is 9.53 Å². The molecular formula is C17H26ClN3O2. The molecule has 1 aliphatic heterocycles. The van der Waals surface area contributed by atoms with Crippen molar-refractivity contribution in [1.29, 1.82) is 0 Å². The maximum absolute atomic E-state index is 12.4. The normalized spacial score (nSPS) is 16.1. The van der Waals surface area contributed by atoms with Crippen LogP contribution >= 0.6 is 11.6 Å². The number of hydrogen-bond donors (Lipinski definition) is 0. The lowest BCUT2D eigenvalue weighted by Gasteiger charge is -2.32. The van der Waals surface area contributed by atoms with Gasteiger partial charge in [-0.25, -0.2) is 0 Å². The first-order valence-corrected chi connectivity index (χ1v) is 8.56. The third-order valence-corrected chi connectivity index (χ3v) is 4.44. The Morgan fingerprint density at radius 2 is 2.17 bits per heavy atom. The van der Waals surface area contributed by atoms with Gasteiger partial charge in [-0.05, 0) is 51.5 Å². The topological polar surface area (TPSA) is 45.7 Å². The predicted octanol–water partition coefficient (Wildman–Crippen LogP) is 2.24. The predicted molar refractivity (Wildman–Crippen MR) is 91.7 cm³/mol. The van der Waals surface area contributed by atoms with Gasteiger partial charge in [-0.1, -0.05) is 11.6 Å². The number of halogens is 1. The molecule has 2 rings (SSSR count). The second-order valence-electron chi connectivity index (χ2n) is 6.25. The zero-order valence-corrected chi connectivity index (χ0v) is 14.8. The summed E-state index contributed by atoms with van der Waals surface area (Å²) in [6.45, 7) is 3.37. The van der Waals surface area contributed by atoms with Gasteiger partial charge >= 0.3 is 0 Å². The average Bonchev–Trinajstić information content (AvgIpc) is 2.54. The SMILES string of the molecule is CN(C)CCCOC1CCN(C(=O)Cc2ccncc2Cl)CC1. The summed E-state index contributed by atoms with van der Waals surface area (Å²) in [4.78, 5) is 20.4. The van der Waals surface area contributed by atoms with Crippen LogP contribution in [0.5, 0.6) is 0 Å². The molecular weight excluding hydrogens is 314 g/mol. The molecule has 5 nitrogen and oxygen atoms in total. The van der Waals surface area contributed by atoms with E-state index in [9.17, 15) is 4.79 Å². The van der Waals surface area contributed by atoms with Gasteiger partial charge in [-0.15, -0.1) is 0 Å². The number of nitrogens with zero attached hydrogens (tertiary/aromatic N) is 3. The van der Waals surface area contributed by atoms with E-state index in [-0.39, 0.29) is 12.0 Å². The molecule has 1 amide bonds. The van der Waals surface area contributed by atoms with Crippen molar-refractivity contribution in [1.82, 2.24) is 14.8 Å². The zero-order valence-electron chi connectivity index (χ0n) is 14.0. The summed E-state index contributed by atoms with van der Waals surface area (Å²) in [6, 6.07) is 1.81. The smallest absolute Gasteiger partial charge is 0.227 e. The molecule has 1 aromatic heterocycles. The molecule has 0 aliphatic carbocycles. The van der Waals surface area contributed by atoms with Crippen molar-refractivity contribution in [2.75, 3.05) is 40.3 Å². The summed E-state index contributed by atoms with van der Waals surface area (Å²) in [5, 5.41) is 0.556. The van der Waals surface area contributed by atoms with E-state index in [1.807, 2.05) is 4.90 Å². The Labute approximate surface area is 143 Å². The molecule has 1 saturated heterocycles. The van der Waals surface area contributed by atoms with Gasteiger partial charge in [0.1, 0.15) is 0 Å². The number of aromatic nitrogens is 1. The Morgan fingerprint density at radius 3 is 2.83 bits per heavy atom. The highest BCUT2D eigenvalue weighted by Gasteiger charge is 2.23. The molecule has 0 spiro atoms. The number of carbonyl (C=O) groups is 1. The molecule has 0 unspecified atom stereocenters. The van der Waals surface area contributed by atoms with E-state index in [1.54, 1.807) is 18.5 Å². The van der Waals surface area contributed by atoms with Gasteiger partial charge in [-0.3, -0.25) is 9.78 Å². The fourth-order valence-electron chi connectivity index (χ4n) is 2.72. The summed E-state index contributed by atoms with van der Waals surface area (Å²) < 4.78 is 5.90. The summed E-state index contributed by atoms with van der Waals surface area (Å²) in [6.07, 6.45) is 6.75. The quantitative estimate of drug-likeness (QED) is 0.715. The molecule has 2 heterocycles. The van der Waals surface area contributed by atoms with E-state index in [0.717, 1.165) is 51.1 Å². The highest BCUT2D eigenvalue weighted by molar-refractivity contribution is 6.31. The molecule has 0 N–H and O–H groups in total. The molecule has 23 heavy (non-hydrogen) atoms. The maximum atomic E-state index is 12.4. The molecule has 1 aromatic rings. The van der Waals surface area contributed by atoms with Crippen LogP contribution < -0.4 is 0 Å². The molecule has 1 aliphatic rings. The number of amides is 1. The van der Waals surface area contributed by atoms with Crippen LogP contribution in [0.1, 0.15) is 24.8 Å². The Morgan fingerprint density at radius 1 is 1.43 bits per heavy atom. The van der Waals surface area contributed by atoms with Gasteiger partial charge in [0, 0.05) is 32.1 Å². The molecule has 6 heteroatoms.